The first-order chi connectivity index (χ1) is 8.48. The van der Waals surface area contributed by atoms with Gasteiger partial charge < -0.3 is 0 Å². The largest absolute Gasteiger partial charge is 0.417 e. The predicted octanol–water partition coefficient (Wildman–Crippen LogP) is 4.67. The molecular weight excluding hydrogens is 298 g/mol. The van der Waals surface area contributed by atoms with Crippen LogP contribution in [0.25, 0.3) is 0 Å². The van der Waals surface area contributed by atoms with Crippen molar-refractivity contribution in [2.75, 3.05) is 0 Å². The van der Waals surface area contributed by atoms with Gasteiger partial charge in [0, 0.05) is 5.56 Å². The lowest BCUT2D eigenvalue weighted by Crippen LogP contribution is -2.17. The molecule has 0 N–H and O–H groups in total. The Morgan fingerprint density at radius 2 is 1.63 bits per heavy atom. The van der Waals surface area contributed by atoms with Gasteiger partial charge in [-0.15, -0.1) is 0 Å². The van der Waals surface area contributed by atoms with Crippen LogP contribution < -0.4 is 0 Å². The van der Waals surface area contributed by atoms with Gasteiger partial charge in [0.05, 0.1) is 11.1 Å². The molecule has 0 saturated carbocycles. The topological polar surface area (TPSA) is 17.1 Å². The van der Waals surface area contributed by atoms with Gasteiger partial charge in [-0.1, -0.05) is 6.92 Å². The number of alkyl halides is 6. The molecule has 8 heteroatoms. The van der Waals surface area contributed by atoms with E-state index in [1.807, 2.05) is 0 Å². The highest BCUT2D eigenvalue weighted by Crippen LogP contribution is 2.39. The van der Waals surface area contributed by atoms with E-state index >= 15 is 0 Å². The van der Waals surface area contributed by atoms with E-state index < -0.39 is 39.8 Å². The molecule has 0 radical (unpaired) electrons. The van der Waals surface area contributed by atoms with E-state index in [1.165, 1.54) is 6.92 Å². The fraction of sp³-hybridized carbons (Fsp3) is 0.364. The van der Waals surface area contributed by atoms with Gasteiger partial charge in [-0.2, -0.15) is 26.3 Å². The summed E-state index contributed by atoms with van der Waals surface area (Å²) in [5.41, 5.74) is -4.54. The molecule has 0 heterocycles. The minimum atomic E-state index is -4.95. The van der Waals surface area contributed by atoms with Gasteiger partial charge in [0.15, 0.2) is 0 Å². The molecule has 0 spiro atoms. The highest BCUT2D eigenvalue weighted by molar-refractivity contribution is 6.68. The maximum absolute atomic E-state index is 12.8. The van der Waals surface area contributed by atoms with E-state index in [2.05, 4.69) is 0 Å². The summed E-state index contributed by atoms with van der Waals surface area (Å²) in [6.07, 6.45) is -10.1. The molecule has 1 aromatic rings. The monoisotopic (exact) mass is 304 g/mol. The summed E-state index contributed by atoms with van der Waals surface area (Å²) in [5.74, 6) is 0. The second kappa shape index (κ2) is 5.03. The number of hydrogen-bond donors (Lipinski definition) is 0. The van der Waals surface area contributed by atoms with Crippen LogP contribution in [0.4, 0.5) is 26.3 Å². The molecule has 0 saturated heterocycles. The van der Waals surface area contributed by atoms with Crippen LogP contribution in [0.15, 0.2) is 12.1 Å². The van der Waals surface area contributed by atoms with E-state index in [0.29, 0.717) is 6.07 Å². The SMILES string of the molecule is CCc1cc(C(F)(F)F)cc(C(=O)Cl)c1C(F)(F)F. The lowest BCUT2D eigenvalue weighted by molar-refractivity contribution is -0.142. The summed E-state index contributed by atoms with van der Waals surface area (Å²) in [6, 6.07) is 0.503. The molecule has 0 aliphatic carbocycles. The number of hydrogen-bond acceptors (Lipinski definition) is 1. The summed E-state index contributed by atoms with van der Waals surface area (Å²) < 4.78 is 76.0. The van der Waals surface area contributed by atoms with E-state index in [4.69, 9.17) is 11.6 Å². The Labute approximate surface area is 109 Å². The van der Waals surface area contributed by atoms with E-state index in [9.17, 15) is 31.1 Å². The zero-order chi connectivity index (χ0) is 15.0. The first-order valence-electron chi connectivity index (χ1n) is 4.99. The number of halogens is 7. The molecule has 19 heavy (non-hydrogen) atoms. The van der Waals surface area contributed by atoms with Crippen LogP contribution in [0.5, 0.6) is 0 Å². The molecule has 0 aliphatic heterocycles. The molecule has 1 nitrogen and oxygen atoms in total. The van der Waals surface area contributed by atoms with Crippen molar-refractivity contribution >= 4 is 16.8 Å². The average molecular weight is 305 g/mol. The Morgan fingerprint density at radius 3 is 1.95 bits per heavy atom. The molecule has 106 valence electrons. The quantitative estimate of drug-likeness (QED) is 0.573. The molecule has 0 unspecified atom stereocenters. The minimum absolute atomic E-state index is 0.122. The third-order valence-electron chi connectivity index (χ3n) is 2.42. The Morgan fingerprint density at radius 1 is 1.11 bits per heavy atom. The number of carbonyl (C=O) groups excluding carboxylic acids is 1. The fourth-order valence-corrected chi connectivity index (χ4v) is 1.78. The number of carbonyl (C=O) groups is 1. The minimum Gasteiger partial charge on any atom is -0.276 e. The summed E-state index contributed by atoms with van der Waals surface area (Å²) in [5, 5.41) is -1.58. The van der Waals surface area contributed by atoms with Crippen LogP contribution >= 0.6 is 11.6 Å². The van der Waals surface area contributed by atoms with Crippen LogP contribution in [0.2, 0.25) is 0 Å². The van der Waals surface area contributed by atoms with Gasteiger partial charge in [-0.25, -0.2) is 0 Å². The second-order valence-electron chi connectivity index (χ2n) is 3.68. The van der Waals surface area contributed by atoms with Crippen molar-refractivity contribution in [3.05, 3.63) is 34.4 Å². The second-order valence-corrected chi connectivity index (χ2v) is 4.02. The lowest BCUT2D eigenvalue weighted by Gasteiger charge is -2.17. The standard InChI is InChI=1S/C11H7ClF6O/c1-2-5-3-6(10(13,14)15)4-7(9(12)19)8(5)11(16,17)18/h3-4H,2H2,1H3. The molecule has 1 aromatic carbocycles. The molecule has 0 aromatic heterocycles. The van der Waals surface area contributed by atoms with Crippen LogP contribution in [0.1, 0.15) is 34.0 Å². The van der Waals surface area contributed by atoms with Crippen molar-refractivity contribution in [1.29, 1.82) is 0 Å². The third kappa shape index (κ3) is 3.40. The van der Waals surface area contributed by atoms with Crippen molar-refractivity contribution in [3.8, 4) is 0 Å². The third-order valence-corrected chi connectivity index (χ3v) is 2.63. The van der Waals surface area contributed by atoms with Crippen molar-refractivity contribution in [3.63, 3.8) is 0 Å². The van der Waals surface area contributed by atoms with E-state index in [0.717, 1.165) is 0 Å². The maximum atomic E-state index is 12.8. The van der Waals surface area contributed by atoms with Crippen LogP contribution in [-0.4, -0.2) is 5.24 Å². The number of aryl methyl sites for hydroxylation is 1. The van der Waals surface area contributed by atoms with Gasteiger partial charge >= 0.3 is 12.4 Å². The first-order valence-corrected chi connectivity index (χ1v) is 5.37. The molecule has 0 bridgehead atoms. The number of rotatable bonds is 2. The van der Waals surface area contributed by atoms with Crippen LogP contribution in [0.3, 0.4) is 0 Å². The molecule has 0 aliphatic rings. The highest BCUT2D eigenvalue weighted by atomic mass is 35.5. The average Bonchev–Trinajstić information content (AvgIpc) is 2.24. The van der Waals surface area contributed by atoms with Crippen molar-refractivity contribution < 1.29 is 31.1 Å². The molecule has 0 amide bonds. The predicted molar refractivity (Wildman–Crippen MR) is 56.0 cm³/mol. The maximum Gasteiger partial charge on any atom is 0.417 e. The van der Waals surface area contributed by atoms with Crippen molar-refractivity contribution in [1.82, 2.24) is 0 Å². The summed E-state index contributed by atoms with van der Waals surface area (Å²) >= 11 is 4.96. The molecule has 0 atom stereocenters. The van der Waals surface area contributed by atoms with Gasteiger partial charge in [0.25, 0.3) is 5.24 Å². The lowest BCUT2D eigenvalue weighted by atomic mass is 9.95. The number of benzene rings is 1. The first kappa shape index (κ1) is 15.8. The Hall–Kier alpha value is -1.24. The Bertz CT molecular complexity index is 503. The highest BCUT2D eigenvalue weighted by Gasteiger charge is 2.40. The molecule has 1 rings (SSSR count). The van der Waals surface area contributed by atoms with Crippen molar-refractivity contribution in [2.24, 2.45) is 0 Å². The van der Waals surface area contributed by atoms with Crippen molar-refractivity contribution in [2.45, 2.75) is 25.7 Å². The molecular formula is C11H7ClF6O. The summed E-state index contributed by atoms with van der Waals surface area (Å²) in [6.45, 7) is 1.26. The normalized spacial score (nSPS) is 12.6. The Kier molecular flexibility index (Phi) is 4.19. The van der Waals surface area contributed by atoms with Gasteiger partial charge in [0.1, 0.15) is 0 Å². The Balaban J connectivity index is 3.69. The zero-order valence-electron chi connectivity index (χ0n) is 9.42. The van der Waals surface area contributed by atoms with Crippen LogP contribution in [0, 0.1) is 0 Å². The van der Waals surface area contributed by atoms with E-state index in [-0.39, 0.29) is 12.5 Å². The van der Waals surface area contributed by atoms with Gasteiger partial charge in [-0.05, 0) is 35.7 Å². The zero-order valence-corrected chi connectivity index (χ0v) is 10.2. The molecule has 0 fully saturated rings. The fourth-order valence-electron chi connectivity index (χ4n) is 1.63. The van der Waals surface area contributed by atoms with Gasteiger partial charge in [0.2, 0.25) is 0 Å². The van der Waals surface area contributed by atoms with Gasteiger partial charge in [-0.3, -0.25) is 4.79 Å². The smallest absolute Gasteiger partial charge is 0.276 e. The van der Waals surface area contributed by atoms with Crippen LogP contribution in [-0.2, 0) is 18.8 Å². The summed E-state index contributed by atoms with van der Waals surface area (Å²) in [4.78, 5) is 11.0. The van der Waals surface area contributed by atoms with E-state index in [1.54, 1.807) is 0 Å². The summed E-state index contributed by atoms with van der Waals surface area (Å²) in [7, 11) is 0.